The van der Waals surface area contributed by atoms with E-state index in [0.717, 1.165) is 24.7 Å². The van der Waals surface area contributed by atoms with E-state index in [9.17, 15) is 0 Å². The molecular weight excluding hydrogens is 236 g/mol. The van der Waals surface area contributed by atoms with Crippen LogP contribution in [0, 0.1) is 12.8 Å². The Bertz CT molecular complexity index is 377. The molecule has 1 fully saturated rings. The van der Waals surface area contributed by atoms with Crippen LogP contribution in [0.2, 0.25) is 0 Å². The summed E-state index contributed by atoms with van der Waals surface area (Å²) in [4.78, 5) is 2.61. The van der Waals surface area contributed by atoms with Gasteiger partial charge >= 0.3 is 0 Å². The van der Waals surface area contributed by atoms with Gasteiger partial charge < -0.3 is 10.2 Å². The second-order valence-corrected chi connectivity index (χ2v) is 5.97. The number of likely N-dealkylation sites (tertiary alicyclic amines) is 1. The fraction of sp³-hybridized carbons (Fsp3) is 0.800. The molecule has 4 heteroatoms. The third-order valence-electron chi connectivity index (χ3n) is 4.13. The number of hydrogen-bond acceptors (Lipinski definition) is 3. The quantitative estimate of drug-likeness (QED) is 0.797. The smallest absolute Gasteiger partial charge is 0.0638 e. The number of aromatic nitrogens is 2. The Labute approximate surface area is 117 Å². The molecule has 1 aromatic rings. The van der Waals surface area contributed by atoms with E-state index in [1.54, 1.807) is 0 Å². The maximum absolute atomic E-state index is 4.36. The topological polar surface area (TPSA) is 33.1 Å². The molecule has 0 amide bonds. The van der Waals surface area contributed by atoms with Crippen molar-refractivity contribution in [3.8, 4) is 0 Å². The lowest BCUT2D eigenvalue weighted by Crippen LogP contribution is -2.34. The molecule has 2 heterocycles. The predicted octanol–water partition coefficient (Wildman–Crippen LogP) is 1.94. The summed E-state index contributed by atoms with van der Waals surface area (Å²) < 4.78 is 1.89. The monoisotopic (exact) mass is 264 g/mol. The first kappa shape index (κ1) is 14.5. The highest BCUT2D eigenvalue weighted by molar-refractivity contribution is 5.14. The van der Waals surface area contributed by atoms with Crippen LogP contribution in [0.25, 0.3) is 0 Å². The van der Waals surface area contributed by atoms with Crippen LogP contribution >= 0.6 is 0 Å². The molecular formula is C15H28N4. The molecule has 108 valence electrons. The Morgan fingerprint density at radius 2 is 2.11 bits per heavy atom. The minimum absolute atomic E-state index is 0.933. The van der Waals surface area contributed by atoms with E-state index in [0.29, 0.717) is 0 Å². The van der Waals surface area contributed by atoms with Crippen molar-refractivity contribution < 1.29 is 0 Å². The lowest BCUT2D eigenvalue weighted by Gasteiger charge is -2.30. The number of hydrogen-bond donors (Lipinski definition) is 1. The summed E-state index contributed by atoms with van der Waals surface area (Å²) in [5, 5.41) is 7.88. The van der Waals surface area contributed by atoms with Gasteiger partial charge in [-0.3, -0.25) is 4.68 Å². The Hall–Kier alpha value is -0.870. The molecule has 0 bridgehead atoms. The van der Waals surface area contributed by atoms with Crippen molar-refractivity contribution in [2.45, 2.75) is 39.7 Å². The van der Waals surface area contributed by atoms with Gasteiger partial charge in [-0.05, 0) is 58.3 Å². The Morgan fingerprint density at radius 1 is 1.37 bits per heavy atom. The molecule has 1 N–H and O–H groups in total. The number of rotatable bonds is 6. The van der Waals surface area contributed by atoms with Crippen LogP contribution in [0.5, 0.6) is 0 Å². The first-order chi connectivity index (χ1) is 9.15. The molecule has 1 aliphatic heterocycles. The molecule has 0 saturated carbocycles. The standard InChI is InChI=1S/C15H28N4/c1-13-5-9-19(10-6-13)8-4-7-16-11-15-12-18(3)17-14(15)2/h12-13,16H,4-11H2,1-3H3. The minimum Gasteiger partial charge on any atom is -0.312 e. The molecule has 0 spiro atoms. The van der Waals surface area contributed by atoms with Crippen LogP contribution in [0.15, 0.2) is 6.20 Å². The highest BCUT2D eigenvalue weighted by atomic mass is 15.2. The van der Waals surface area contributed by atoms with Crippen molar-refractivity contribution in [2.75, 3.05) is 26.2 Å². The average molecular weight is 264 g/mol. The van der Waals surface area contributed by atoms with Gasteiger partial charge in [0.2, 0.25) is 0 Å². The average Bonchev–Trinajstić information content (AvgIpc) is 2.70. The van der Waals surface area contributed by atoms with Crippen LogP contribution in [-0.4, -0.2) is 40.9 Å². The van der Waals surface area contributed by atoms with Crippen molar-refractivity contribution >= 4 is 0 Å². The lowest BCUT2D eigenvalue weighted by atomic mass is 9.99. The minimum atomic E-state index is 0.933. The number of piperidine rings is 1. The van der Waals surface area contributed by atoms with Crippen LogP contribution < -0.4 is 5.32 Å². The maximum atomic E-state index is 4.36. The van der Waals surface area contributed by atoms with Crippen molar-refractivity contribution in [1.29, 1.82) is 0 Å². The second-order valence-electron chi connectivity index (χ2n) is 5.97. The third kappa shape index (κ3) is 4.62. The van der Waals surface area contributed by atoms with E-state index in [1.165, 1.54) is 44.5 Å². The molecule has 2 rings (SSSR count). The lowest BCUT2D eigenvalue weighted by molar-refractivity contribution is 0.190. The Kier molecular flexibility index (Phi) is 5.40. The van der Waals surface area contributed by atoms with Gasteiger partial charge in [0.25, 0.3) is 0 Å². The summed E-state index contributed by atoms with van der Waals surface area (Å²) in [5.41, 5.74) is 2.45. The largest absolute Gasteiger partial charge is 0.312 e. The van der Waals surface area contributed by atoms with Gasteiger partial charge in [0.15, 0.2) is 0 Å². The van der Waals surface area contributed by atoms with E-state index in [-0.39, 0.29) is 0 Å². The Balaban J connectivity index is 1.56. The summed E-state index contributed by atoms with van der Waals surface area (Å²) >= 11 is 0. The van der Waals surface area contributed by atoms with Gasteiger partial charge in [0.1, 0.15) is 0 Å². The van der Waals surface area contributed by atoms with Crippen molar-refractivity contribution in [3.05, 3.63) is 17.5 Å². The molecule has 1 saturated heterocycles. The predicted molar refractivity (Wildman–Crippen MR) is 79.1 cm³/mol. The molecule has 1 aromatic heterocycles. The van der Waals surface area contributed by atoms with Gasteiger partial charge in [-0.25, -0.2) is 0 Å². The van der Waals surface area contributed by atoms with E-state index >= 15 is 0 Å². The van der Waals surface area contributed by atoms with Crippen molar-refractivity contribution in [1.82, 2.24) is 20.0 Å². The molecule has 1 aliphatic rings. The Morgan fingerprint density at radius 3 is 2.74 bits per heavy atom. The second kappa shape index (κ2) is 7.06. The van der Waals surface area contributed by atoms with Gasteiger partial charge in [0.05, 0.1) is 5.69 Å². The SMILES string of the molecule is Cc1nn(C)cc1CNCCCN1CCC(C)CC1. The summed E-state index contributed by atoms with van der Waals surface area (Å²) in [6.07, 6.45) is 6.10. The van der Waals surface area contributed by atoms with E-state index in [4.69, 9.17) is 0 Å². The molecule has 0 aromatic carbocycles. The van der Waals surface area contributed by atoms with Crippen LogP contribution in [0.3, 0.4) is 0 Å². The number of nitrogens with one attached hydrogen (secondary N) is 1. The highest BCUT2D eigenvalue weighted by Crippen LogP contribution is 2.15. The number of nitrogens with zero attached hydrogens (tertiary/aromatic N) is 3. The maximum Gasteiger partial charge on any atom is 0.0638 e. The first-order valence-electron chi connectivity index (χ1n) is 7.57. The molecule has 0 aliphatic carbocycles. The highest BCUT2D eigenvalue weighted by Gasteiger charge is 2.14. The van der Waals surface area contributed by atoms with Gasteiger partial charge in [-0.2, -0.15) is 5.10 Å². The molecule has 4 nitrogen and oxygen atoms in total. The van der Waals surface area contributed by atoms with Crippen LogP contribution in [0.1, 0.15) is 37.4 Å². The van der Waals surface area contributed by atoms with Crippen molar-refractivity contribution in [3.63, 3.8) is 0 Å². The normalized spacial score (nSPS) is 18.1. The molecule has 19 heavy (non-hydrogen) atoms. The van der Waals surface area contributed by atoms with Crippen LogP contribution in [-0.2, 0) is 13.6 Å². The van der Waals surface area contributed by atoms with Crippen molar-refractivity contribution in [2.24, 2.45) is 13.0 Å². The first-order valence-corrected chi connectivity index (χ1v) is 7.57. The fourth-order valence-electron chi connectivity index (χ4n) is 2.76. The van der Waals surface area contributed by atoms with Gasteiger partial charge in [-0.15, -0.1) is 0 Å². The van der Waals surface area contributed by atoms with E-state index < -0.39 is 0 Å². The zero-order valence-corrected chi connectivity index (χ0v) is 12.7. The zero-order valence-electron chi connectivity index (χ0n) is 12.7. The number of aryl methyl sites for hydroxylation is 2. The summed E-state index contributed by atoms with van der Waals surface area (Å²) in [6, 6.07) is 0. The summed E-state index contributed by atoms with van der Waals surface area (Å²) in [6.45, 7) is 10.3. The molecule has 0 radical (unpaired) electrons. The van der Waals surface area contributed by atoms with Crippen LogP contribution in [0.4, 0.5) is 0 Å². The van der Waals surface area contributed by atoms with E-state index in [1.807, 2.05) is 11.7 Å². The molecule has 0 atom stereocenters. The van der Waals surface area contributed by atoms with E-state index in [2.05, 4.69) is 35.4 Å². The summed E-state index contributed by atoms with van der Waals surface area (Å²) in [5.74, 6) is 0.933. The fourth-order valence-corrected chi connectivity index (χ4v) is 2.76. The van der Waals surface area contributed by atoms with Gasteiger partial charge in [-0.1, -0.05) is 6.92 Å². The van der Waals surface area contributed by atoms with Gasteiger partial charge in [0, 0.05) is 25.4 Å². The zero-order chi connectivity index (χ0) is 13.7. The molecule has 0 unspecified atom stereocenters. The summed E-state index contributed by atoms with van der Waals surface area (Å²) in [7, 11) is 1.98. The third-order valence-corrected chi connectivity index (χ3v) is 4.13.